The third-order valence-corrected chi connectivity index (χ3v) is 4.91. The van der Waals surface area contributed by atoms with Gasteiger partial charge in [0.1, 0.15) is 0 Å². The summed E-state index contributed by atoms with van der Waals surface area (Å²) in [4.78, 5) is 52.8. The Hall–Kier alpha value is -3.06. The number of hydrogen-bond acceptors (Lipinski definition) is 5. The molecule has 0 unspecified atom stereocenters. The molecule has 4 amide bonds. The molecule has 0 N–H and O–H groups in total. The summed E-state index contributed by atoms with van der Waals surface area (Å²) >= 11 is 0. The van der Waals surface area contributed by atoms with Crippen LogP contribution in [0.25, 0.3) is 10.8 Å². The molecule has 0 spiro atoms. The first-order chi connectivity index (χ1) is 12.7. The Morgan fingerprint density at radius 1 is 0.741 bits per heavy atom. The molecule has 0 atom stereocenters. The van der Waals surface area contributed by atoms with Crippen LogP contribution >= 0.6 is 0 Å². The molecule has 2 aromatic carbocycles. The number of carbonyl (C=O) groups excluding carboxylic acids is 4. The number of amides is 4. The van der Waals surface area contributed by atoms with E-state index in [1.54, 1.807) is 38.4 Å². The van der Waals surface area contributed by atoms with Crippen molar-refractivity contribution in [2.75, 3.05) is 20.6 Å². The van der Waals surface area contributed by atoms with Crippen LogP contribution in [0.5, 0.6) is 0 Å². The Morgan fingerprint density at radius 3 is 1.44 bits per heavy atom. The zero-order valence-corrected chi connectivity index (χ0v) is 15.6. The lowest BCUT2D eigenvalue weighted by Crippen LogP contribution is -2.49. The Balaban J connectivity index is 2.02. The zero-order chi connectivity index (χ0) is 19.6. The molecule has 2 heterocycles. The van der Waals surface area contributed by atoms with Crippen LogP contribution in [0.1, 0.15) is 55.3 Å². The van der Waals surface area contributed by atoms with Crippen LogP contribution in [-0.2, 0) is 0 Å². The smallest absolute Gasteiger partial charge is 0.274 e. The molecule has 138 valence electrons. The molecule has 4 rings (SSSR count). The van der Waals surface area contributed by atoms with Crippen LogP contribution < -0.4 is 0 Å². The topological polar surface area (TPSA) is 78.0 Å². The van der Waals surface area contributed by atoms with Gasteiger partial charge in [-0.1, -0.05) is 13.8 Å². The standard InChI is InChI=1S/C20H19N3O4/c1-10(2)9-22-17(24)11-5-7-13-16-14(8-6-12(15(11)16)18(22)25)20(27)23(19(13)26)21(3)4/h5-8,10H,9H2,1-4H3. The molecule has 2 aliphatic rings. The van der Waals surface area contributed by atoms with Gasteiger partial charge in [0.25, 0.3) is 23.6 Å². The van der Waals surface area contributed by atoms with Gasteiger partial charge in [-0.25, -0.2) is 10.0 Å². The number of carbonyl (C=O) groups is 4. The average molecular weight is 365 g/mol. The summed E-state index contributed by atoms with van der Waals surface area (Å²) in [6, 6.07) is 6.29. The maximum Gasteiger partial charge on any atom is 0.276 e. The van der Waals surface area contributed by atoms with E-state index in [2.05, 4.69) is 0 Å². The lowest BCUT2D eigenvalue weighted by Gasteiger charge is -2.34. The predicted molar refractivity (Wildman–Crippen MR) is 98.3 cm³/mol. The Morgan fingerprint density at radius 2 is 1.11 bits per heavy atom. The highest BCUT2D eigenvalue weighted by atomic mass is 16.2. The van der Waals surface area contributed by atoms with E-state index in [0.29, 0.717) is 39.6 Å². The van der Waals surface area contributed by atoms with Gasteiger partial charge >= 0.3 is 0 Å². The first kappa shape index (κ1) is 17.4. The first-order valence-corrected chi connectivity index (χ1v) is 8.76. The molecule has 0 saturated carbocycles. The first-order valence-electron chi connectivity index (χ1n) is 8.76. The minimum Gasteiger partial charge on any atom is -0.274 e. The van der Waals surface area contributed by atoms with Crippen LogP contribution in [0, 0.1) is 5.92 Å². The van der Waals surface area contributed by atoms with Crippen LogP contribution in [0.2, 0.25) is 0 Å². The second kappa shape index (κ2) is 5.72. The largest absolute Gasteiger partial charge is 0.276 e. The molecule has 2 aromatic rings. The molecule has 27 heavy (non-hydrogen) atoms. The molecule has 0 saturated heterocycles. The molecule has 7 heteroatoms. The molecule has 0 aliphatic carbocycles. The van der Waals surface area contributed by atoms with Gasteiger partial charge < -0.3 is 0 Å². The fourth-order valence-corrected chi connectivity index (χ4v) is 3.81. The van der Waals surface area contributed by atoms with Crippen LogP contribution in [0.15, 0.2) is 24.3 Å². The molecular formula is C20H19N3O4. The SMILES string of the molecule is CC(C)CN1C(=O)c2ccc3c4c(ccc(c24)C1=O)C(=O)N(N(C)C)C3=O. The highest BCUT2D eigenvalue weighted by molar-refractivity contribution is 6.33. The summed E-state index contributed by atoms with van der Waals surface area (Å²) in [6.07, 6.45) is 0. The van der Waals surface area contributed by atoms with Crippen molar-refractivity contribution in [2.45, 2.75) is 13.8 Å². The third-order valence-electron chi connectivity index (χ3n) is 4.91. The molecule has 0 aromatic heterocycles. The van der Waals surface area contributed by atoms with Crippen LogP contribution in [-0.4, -0.2) is 59.2 Å². The van der Waals surface area contributed by atoms with E-state index in [-0.39, 0.29) is 17.7 Å². The second-order valence-corrected chi connectivity index (χ2v) is 7.46. The van der Waals surface area contributed by atoms with Crippen LogP contribution in [0.3, 0.4) is 0 Å². The van der Waals surface area contributed by atoms with Crippen molar-refractivity contribution in [3.63, 3.8) is 0 Å². The monoisotopic (exact) mass is 365 g/mol. The summed E-state index contributed by atoms with van der Waals surface area (Å²) in [5, 5.41) is 3.27. The summed E-state index contributed by atoms with van der Waals surface area (Å²) in [5.74, 6) is -1.58. The summed E-state index contributed by atoms with van der Waals surface area (Å²) < 4.78 is 0. The Kier molecular flexibility index (Phi) is 3.68. The maximum absolute atomic E-state index is 12.9. The van der Waals surface area contributed by atoms with E-state index in [0.717, 1.165) is 5.01 Å². The number of hydrogen-bond donors (Lipinski definition) is 0. The second-order valence-electron chi connectivity index (χ2n) is 7.46. The van der Waals surface area contributed by atoms with E-state index in [4.69, 9.17) is 0 Å². The van der Waals surface area contributed by atoms with Gasteiger partial charge in [-0.05, 0) is 30.2 Å². The van der Waals surface area contributed by atoms with Gasteiger partial charge in [0.2, 0.25) is 0 Å². The van der Waals surface area contributed by atoms with Gasteiger partial charge in [0.15, 0.2) is 0 Å². The molecule has 0 fully saturated rings. The van der Waals surface area contributed by atoms with Gasteiger partial charge in [0.05, 0.1) is 11.1 Å². The quantitative estimate of drug-likeness (QED) is 0.779. The van der Waals surface area contributed by atoms with E-state index in [1.165, 1.54) is 9.91 Å². The fourth-order valence-electron chi connectivity index (χ4n) is 3.81. The van der Waals surface area contributed by atoms with Crippen molar-refractivity contribution in [3.8, 4) is 0 Å². The van der Waals surface area contributed by atoms with Crippen LogP contribution in [0.4, 0.5) is 0 Å². The van der Waals surface area contributed by atoms with E-state index < -0.39 is 11.8 Å². The highest BCUT2D eigenvalue weighted by Crippen LogP contribution is 2.38. The molecule has 7 nitrogen and oxygen atoms in total. The molecule has 0 bridgehead atoms. The van der Waals surface area contributed by atoms with Crippen molar-refractivity contribution in [3.05, 3.63) is 46.5 Å². The minimum atomic E-state index is -0.467. The van der Waals surface area contributed by atoms with E-state index >= 15 is 0 Å². The molecule has 0 radical (unpaired) electrons. The summed E-state index contributed by atoms with van der Waals surface area (Å²) in [5.41, 5.74) is 1.34. The minimum absolute atomic E-state index is 0.129. The highest BCUT2D eigenvalue weighted by Gasteiger charge is 2.40. The average Bonchev–Trinajstić information content (AvgIpc) is 2.61. The van der Waals surface area contributed by atoms with Crippen molar-refractivity contribution in [1.82, 2.24) is 14.9 Å². The number of hydrazine groups is 1. The lowest BCUT2D eigenvalue weighted by molar-refractivity contribution is 0.0182. The van der Waals surface area contributed by atoms with Crippen molar-refractivity contribution < 1.29 is 19.2 Å². The fraction of sp³-hybridized carbons (Fsp3) is 0.300. The lowest BCUT2D eigenvalue weighted by atomic mass is 9.86. The Bertz CT molecular complexity index is 984. The number of imide groups is 2. The molecular weight excluding hydrogens is 346 g/mol. The number of rotatable bonds is 3. The Labute approximate surface area is 156 Å². The van der Waals surface area contributed by atoms with Gasteiger partial charge in [-0.15, -0.1) is 0 Å². The van der Waals surface area contributed by atoms with Crippen molar-refractivity contribution >= 4 is 34.4 Å². The van der Waals surface area contributed by atoms with Crippen molar-refractivity contribution in [2.24, 2.45) is 5.92 Å². The summed E-state index contributed by atoms with van der Waals surface area (Å²) in [6.45, 7) is 4.18. The number of nitrogens with zero attached hydrogens (tertiary/aromatic N) is 3. The normalized spacial score (nSPS) is 16.4. The number of benzene rings is 2. The van der Waals surface area contributed by atoms with Gasteiger partial charge in [-0.3, -0.25) is 24.1 Å². The summed E-state index contributed by atoms with van der Waals surface area (Å²) in [7, 11) is 3.22. The van der Waals surface area contributed by atoms with E-state index in [1.807, 2.05) is 13.8 Å². The van der Waals surface area contributed by atoms with Gasteiger partial charge in [0, 0.05) is 42.5 Å². The molecule has 2 aliphatic heterocycles. The maximum atomic E-state index is 12.9. The van der Waals surface area contributed by atoms with Gasteiger partial charge in [-0.2, -0.15) is 0 Å². The third kappa shape index (κ3) is 2.24. The van der Waals surface area contributed by atoms with E-state index in [9.17, 15) is 19.2 Å². The zero-order valence-electron chi connectivity index (χ0n) is 15.6. The predicted octanol–water partition coefficient (Wildman–Crippen LogP) is 2.16. The van der Waals surface area contributed by atoms with Crippen molar-refractivity contribution in [1.29, 1.82) is 0 Å².